The summed E-state index contributed by atoms with van der Waals surface area (Å²) in [6.07, 6.45) is 2.24. The zero-order valence-corrected chi connectivity index (χ0v) is 17.0. The fourth-order valence-electron chi connectivity index (χ4n) is 3.18. The van der Waals surface area contributed by atoms with Crippen LogP contribution in [-0.4, -0.2) is 27.0 Å². The lowest BCUT2D eigenvalue weighted by atomic mass is 10.3. The lowest BCUT2D eigenvalue weighted by molar-refractivity contribution is -0.116. The second kappa shape index (κ2) is 8.00. The van der Waals surface area contributed by atoms with Crippen molar-refractivity contribution in [1.82, 2.24) is 14.5 Å². The zero-order chi connectivity index (χ0) is 20.4. The number of hydrogen-bond acceptors (Lipinski definition) is 6. The molecule has 1 aromatic carbocycles. The standard InChI is InChI=1S/C21H20N4O3S/c1-3-16-24-18-15-6-5-11-22-20(15)29-19(18)21(27)25(16)12-17(26)23-13-7-9-14(10-8-13)28-4-2/h5-11H,3-4,12H2,1-2H3,(H,23,26). The number of carbonyl (C=O) groups is 1. The van der Waals surface area contributed by atoms with Crippen molar-refractivity contribution in [3.8, 4) is 5.75 Å². The summed E-state index contributed by atoms with van der Waals surface area (Å²) >= 11 is 1.31. The van der Waals surface area contributed by atoms with Crippen molar-refractivity contribution in [3.05, 3.63) is 58.8 Å². The number of nitrogens with one attached hydrogen (secondary N) is 1. The number of pyridine rings is 1. The Balaban J connectivity index is 1.64. The summed E-state index contributed by atoms with van der Waals surface area (Å²) in [6, 6.07) is 10.9. The van der Waals surface area contributed by atoms with Crippen molar-refractivity contribution >= 4 is 43.4 Å². The SMILES string of the molecule is CCOc1ccc(NC(=O)Cn2c(CC)nc3c(sc4ncccc43)c2=O)cc1. The molecule has 4 aromatic rings. The van der Waals surface area contributed by atoms with Crippen LogP contribution in [0.25, 0.3) is 20.4 Å². The summed E-state index contributed by atoms with van der Waals surface area (Å²) < 4.78 is 7.37. The summed E-state index contributed by atoms with van der Waals surface area (Å²) in [6.45, 7) is 4.31. The highest BCUT2D eigenvalue weighted by Gasteiger charge is 2.17. The predicted octanol–water partition coefficient (Wildman–Crippen LogP) is 3.61. The first-order valence-corrected chi connectivity index (χ1v) is 10.2. The van der Waals surface area contributed by atoms with E-state index in [2.05, 4.69) is 15.3 Å². The molecule has 0 bridgehead atoms. The Morgan fingerprint density at radius 2 is 2.00 bits per heavy atom. The van der Waals surface area contributed by atoms with Crippen LogP contribution in [0.5, 0.6) is 5.75 Å². The molecule has 3 aromatic heterocycles. The summed E-state index contributed by atoms with van der Waals surface area (Å²) in [5.74, 6) is 1.03. The second-order valence-corrected chi connectivity index (χ2v) is 7.41. The molecule has 0 aliphatic rings. The molecular weight excluding hydrogens is 388 g/mol. The number of nitrogens with zero attached hydrogens (tertiary/aromatic N) is 3. The fraction of sp³-hybridized carbons (Fsp3) is 0.238. The van der Waals surface area contributed by atoms with Gasteiger partial charge in [-0.2, -0.15) is 0 Å². The number of anilines is 1. The van der Waals surface area contributed by atoms with Gasteiger partial charge in [-0.25, -0.2) is 9.97 Å². The fourth-order valence-corrected chi connectivity index (χ4v) is 4.21. The summed E-state index contributed by atoms with van der Waals surface area (Å²) in [4.78, 5) is 35.4. The predicted molar refractivity (Wildman–Crippen MR) is 115 cm³/mol. The molecule has 29 heavy (non-hydrogen) atoms. The third kappa shape index (κ3) is 3.71. The van der Waals surface area contributed by atoms with Crippen molar-refractivity contribution in [2.75, 3.05) is 11.9 Å². The van der Waals surface area contributed by atoms with Gasteiger partial charge in [0, 0.05) is 23.7 Å². The van der Waals surface area contributed by atoms with Crippen LogP contribution in [0.2, 0.25) is 0 Å². The minimum absolute atomic E-state index is 0.0974. The number of ether oxygens (including phenoxy) is 1. The van der Waals surface area contributed by atoms with E-state index >= 15 is 0 Å². The number of fused-ring (bicyclic) bond motifs is 3. The highest BCUT2D eigenvalue weighted by molar-refractivity contribution is 7.25. The van der Waals surface area contributed by atoms with Gasteiger partial charge in [0.25, 0.3) is 5.56 Å². The van der Waals surface area contributed by atoms with E-state index in [1.165, 1.54) is 15.9 Å². The highest BCUT2D eigenvalue weighted by atomic mass is 32.1. The van der Waals surface area contributed by atoms with Gasteiger partial charge in [-0.05, 0) is 43.3 Å². The normalized spacial score (nSPS) is 11.1. The van der Waals surface area contributed by atoms with E-state index in [9.17, 15) is 9.59 Å². The number of aryl methyl sites for hydroxylation is 1. The molecule has 148 valence electrons. The molecule has 8 heteroatoms. The number of hydrogen-bond donors (Lipinski definition) is 1. The van der Waals surface area contributed by atoms with Crippen LogP contribution in [-0.2, 0) is 17.8 Å². The molecule has 0 atom stereocenters. The Morgan fingerprint density at radius 1 is 1.21 bits per heavy atom. The number of thiophene rings is 1. The van der Waals surface area contributed by atoms with E-state index in [-0.39, 0.29) is 18.0 Å². The van der Waals surface area contributed by atoms with Crippen LogP contribution in [0.15, 0.2) is 47.4 Å². The van der Waals surface area contributed by atoms with E-state index in [0.29, 0.717) is 34.8 Å². The first kappa shape index (κ1) is 19.1. The molecule has 0 aliphatic heterocycles. The van der Waals surface area contributed by atoms with E-state index in [1.54, 1.807) is 30.5 Å². The Morgan fingerprint density at radius 3 is 2.72 bits per heavy atom. The zero-order valence-electron chi connectivity index (χ0n) is 16.1. The van der Waals surface area contributed by atoms with Crippen LogP contribution >= 0.6 is 11.3 Å². The Hall–Kier alpha value is -3.26. The smallest absolute Gasteiger partial charge is 0.272 e. The summed E-state index contributed by atoms with van der Waals surface area (Å²) in [5, 5.41) is 3.69. The minimum atomic E-state index is -0.286. The van der Waals surface area contributed by atoms with E-state index in [0.717, 1.165) is 16.0 Å². The first-order chi connectivity index (χ1) is 14.1. The van der Waals surface area contributed by atoms with Gasteiger partial charge in [-0.1, -0.05) is 6.92 Å². The molecule has 0 aliphatic carbocycles. The average molecular weight is 408 g/mol. The average Bonchev–Trinajstić information content (AvgIpc) is 3.10. The molecule has 3 heterocycles. The molecule has 0 fully saturated rings. The maximum atomic E-state index is 13.1. The van der Waals surface area contributed by atoms with Gasteiger partial charge in [-0.15, -0.1) is 11.3 Å². The van der Waals surface area contributed by atoms with Crippen LogP contribution in [0.4, 0.5) is 5.69 Å². The summed E-state index contributed by atoms with van der Waals surface area (Å²) in [7, 11) is 0. The van der Waals surface area contributed by atoms with Crippen LogP contribution < -0.4 is 15.6 Å². The molecule has 7 nitrogen and oxygen atoms in total. The van der Waals surface area contributed by atoms with Crippen LogP contribution in [0.1, 0.15) is 19.7 Å². The van der Waals surface area contributed by atoms with Crippen molar-refractivity contribution in [2.45, 2.75) is 26.8 Å². The Bertz CT molecular complexity index is 1240. The third-order valence-electron chi connectivity index (χ3n) is 4.50. The maximum Gasteiger partial charge on any atom is 0.272 e. The molecule has 1 N–H and O–H groups in total. The number of carbonyl (C=O) groups excluding carboxylic acids is 1. The monoisotopic (exact) mass is 408 g/mol. The number of rotatable bonds is 6. The highest BCUT2D eigenvalue weighted by Crippen LogP contribution is 2.28. The van der Waals surface area contributed by atoms with Gasteiger partial charge in [-0.3, -0.25) is 14.2 Å². The van der Waals surface area contributed by atoms with Crippen LogP contribution in [0.3, 0.4) is 0 Å². The maximum absolute atomic E-state index is 13.1. The second-order valence-electron chi connectivity index (χ2n) is 6.41. The lowest BCUT2D eigenvalue weighted by Crippen LogP contribution is -2.30. The van der Waals surface area contributed by atoms with Crippen molar-refractivity contribution in [1.29, 1.82) is 0 Å². The number of amides is 1. The van der Waals surface area contributed by atoms with Gasteiger partial charge in [0.2, 0.25) is 5.91 Å². The van der Waals surface area contributed by atoms with Crippen molar-refractivity contribution < 1.29 is 9.53 Å². The molecular formula is C21H20N4O3S. The molecule has 1 amide bonds. The Labute approximate surface area is 171 Å². The van der Waals surface area contributed by atoms with Gasteiger partial charge in [0.1, 0.15) is 27.6 Å². The lowest BCUT2D eigenvalue weighted by Gasteiger charge is -2.12. The number of benzene rings is 1. The van der Waals surface area contributed by atoms with E-state index < -0.39 is 0 Å². The van der Waals surface area contributed by atoms with Crippen molar-refractivity contribution in [2.24, 2.45) is 0 Å². The molecule has 0 unspecified atom stereocenters. The minimum Gasteiger partial charge on any atom is -0.494 e. The van der Waals surface area contributed by atoms with Gasteiger partial charge >= 0.3 is 0 Å². The van der Waals surface area contributed by atoms with Crippen molar-refractivity contribution in [3.63, 3.8) is 0 Å². The first-order valence-electron chi connectivity index (χ1n) is 9.40. The van der Waals surface area contributed by atoms with E-state index in [4.69, 9.17) is 4.74 Å². The molecule has 0 saturated carbocycles. The van der Waals surface area contributed by atoms with Crippen LogP contribution in [0, 0.1) is 0 Å². The third-order valence-corrected chi connectivity index (χ3v) is 5.59. The molecule has 4 rings (SSSR count). The van der Waals surface area contributed by atoms with E-state index in [1.807, 2.05) is 26.0 Å². The van der Waals surface area contributed by atoms with Gasteiger partial charge < -0.3 is 10.1 Å². The summed E-state index contributed by atoms with van der Waals surface area (Å²) in [5.41, 5.74) is 1.09. The molecule has 0 spiro atoms. The molecule has 0 radical (unpaired) electrons. The van der Waals surface area contributed by atoms with Gasteiger partial charge in [0.05, 0.1) is 12.1 Å². The Kier molecular flexibility index (Phi) is 5.26. The molecule has 0 saturated heterocycles. The largest absolute Gasteiger partial charge is 0.494 e. The topological polar surface area (TPSA) is 86.1 Å². The van der Waals surface area contributed by atoms with Gasteiger partial charge in [0.15, 0.2) is 0 Å². The quantitative estimate of drug-likeness (QED) is 0.527. The number of aromatic nitrogens is 3.